The molecule has 0 aromatic carbocycles. The van der Waals surface area contributed by atoms with Crippen molar-refractivity contribution in [1.29, 1.82) is 0 Å². The molecule has 1 saturated carbocycles. The third-order valence-corrected chi connectivity index (χ3v) is 9.05. The smallest absolute Gasteiger partial charge is 0.325 e. The summed E-state index contributed by atoms with van der Waals surface area (Å²) in [4.78, 5) is 11.8. The Balaban J connectivity index is 2.35. The summed E-state index contributed by atoms with van der Waals surface area (Å²) in [6.07, 6.45) is 1.82. The number of hydrogen-bond acceptors (Lipinski definition) is 5. The van der Waals surface area contributed by atoms with Crippen LogP contribution in [0.25, 0.3) is 0 Å². The van der Waals surface area contributed by atoms with E-state index in [4.69, 9.17) is 20.0 Å². The summed E-state index contributed by atoms with van der Waals surface area (Å²) in [6.45, 7) is 11.2. The van der Waals surface area contributed by atoms with Gasteiger partial charge in [-0.05, 0) is 31.0 Å². The van der Waals surface area contributed by atoms with E-state index in [1.807, 2.05) is 0 Å². The highest BCUT2D eigenvalue weighted by Gasteiger charge is 2.44. The quantitative estimate of drug-likeness (QED) is 0.552. The molecule has 0 aromatic rings. The Morgan fingerprint density at radius 2 is 1.95 bits per heavy atom. The number of nitrogens with two attached hydrogens (primary N) is 1. The lowest BCUT2D eigenvalue weighted by molar-refractivity contribution is -0.148. The van der Waals surface area contributed by atoms with E-state index >= 15 is 0 Å². The minimum atomic E-state index is -1.90. The Morgan fingerprint density at radius 3 is 2.35 bits per heavy atom. The Kier molecular flexibility index (Phi) is 5.40. The Morgan fingerprint density at radius 1 is 1.40 bits per heavy atom. The van der Waals surface area contributed by atoms with Crippen LogP contribution in [0.2, 0.25) is 18.1 Å². The van der Waals surface area contributed by atoms with E-state index < -0.39 is 20.3 Å². The molecule has 1 atom stereocenters. The average molecular weight is 303 g/mol. The molecule has 0 radical (unpaired) electrons. The first-order valence-corrected chi connectivity index (χ1v) is 10.1. The number of carbonyl (C=O) groups excluding carboxylic acids is 1. The summed E-state index contributed by atoms with van der Waals surface area (Å²) in [5.74, 6) is -0.441. The van der Waals surface area contributed by atoms with Crippen molar-refractivity contribution in [3.63, 3.8) is 0 Å². The minimum Gasteiger partial charge on any atom is -0.464 e. The van der Waals surface area contributed by atoms with E-state index in [2.05, 4.69) is 33.9 Å². The highest BCUT2D eigenvalue weighted by Crippen LogP contribution is 2.45. The monoisotopic (exact) mass is 303 g/mol. The van der Waals surface area contributed by atoms with Crippen LogP contribution in [0.15, 0.2) is 0 Å². The molecule has 1 rings (SSSR count). The van der Waals surface area contributed by atoms with Crippen LogP contribution in [-0.2, 0) is 14.0 Å². The van der Waals surface area contributed by atoms with E-state index in [9.17, 15) is 4.79 Å². The Hall–Kier alpha value is -0.433. The molecular formula is C14H29NO4Si. The molecule has 1 fully saturated rings. The SMILES string of the molecule is CC(C)(C)[Si](C)(C)OCC(N)C(=O)OCC1(CO)CC1. The number of hydrogen-bond donors (Lipinski definition) is 2. The lowest BCUT2D eigenvalue weighted by Gasteiger charge is -2.36. The maximum Gasteiger partial charge on any atom is 0.325 e. The molecule has 3 N–H and O–H groups in total. The maximum absolute atomic E-state index is 11.8. The zero-order valence-electron chi connectivity index (χ0n) is 13.4. The molecule has 118 valence electrons. The van der Waals surface area contributed by atoms with Crippen LogP contribution in [0.4, 0.5) is 0 Å². The maximum atomic E-state index is 11.8. The molecule has 1 unspecified atom stereocenters. The molecule has 1 aliphatic rings. The number of ether oxygens (including phenoxy) is 1. The van der Waals surface area contributed by atoms with E-state index in [0.29, 0.717) is 0 Å². The molecule has 0 spiro atoms. The molecule has 0 aromatic heterocycles. The molecular weight excluding hydrogens is 274 g/mol. The van der Waals surface area contributed by atoms with E-state index in [0.717, 1.165) is 12.8 Å². The van der Waals surface area contributed by atoms with Gasteiger partial charge in [-0.2, -0.15) is 0 Å². The number of esters is 1. The second kappa shape index (κ2) is 6.13. The molecule has 5 nitrogen and oxygen atoms in total. The third kappa shape index (κ3) is 4.55. The fourth-order valence-corrected chi connectivity index (χ4v) is 2.47. The van der Waals surface area contributed by atoms with Crippen molar-refractivity contribution in [2.24, 2.45) is 11.1 Å². The molecule has 1 aliphatic carbocycles. The fourth-order valence-electron chi connectivity index (χ4n) is 1.44. The molecule has 0 aliphatic heterocycles. The van der Waals surface area contributed by atoms with E-state index in [1.165, 1.54) is 0 Å². The normalized spacial score (nSPS) is 19.6. The predicted molar refractivity (Wildman–Crippen MR) is 80.8 cm³/mol. The van der Waals surface area contributed by atoms with E-state index in [-0.39, 0.29) is 30.3 Å². The van der Waals surface area contributed by atoms with Gasteiger partial charge in [0.25, 0.3) is 0 Å². The van der Waals surface area contributed by atoms with Gasteiger partial charge in [-0.3, -0.25) is 4.79 Å². The second-order valence-corrected chi connectivity index (χ2v) is 12.3. The number of rotatable bonds is 7. The molecule has 20 heavy (non-hydrogen) atoms. The van der Waals surface area contributed by atoms with Crippen LogP contribution in [0.3, 0.4) is 0 Å². The predicted octanol–water partition coefficient (Wildman–Crippen LogP) is 1.65. The van der Waals surface area contributed by atoms with Crippen molar-refractivity contribution < 1.29 is 19.1 Å². The molecule has 0 bridgehead atoms. The minimum absolute atomic E-state index is 0.0655. The summed E-state index contributed by atoms with van der Waals surface area (Å²) in [5, 5.41) is 9.25. The standard InChI is InChI=1S/C14H29NO4Si/c1-13(2,3)20(4,5)19-8-11(15)12(17)18-10-14(9-16)6-7-14/h11,16H,6-10,15H2,1-5H3. The summed E-state index contributed by atoms with van der Waals surface area (Å²) in [5.41, 5.74) is 5.62. The largest absolute Gasteiger partial charge is 0.464 e. The summed E-state index contributed by atoms with van der Waals surface area (Å²) in [6, 6.07) is -0.751. The second-order valence-electron chi connectivity index (χ2n) is 7.44. The van der Waals surface area contributed by atoms with Crippen LogP contribution >= 0.6 is 0 Å². The first kappa shape index (κ1) is 17.6. The lowest BCUT2D eigenvalue weighted by atomic mass is 10.1. The van der Waals surface area contributed by atoms with Gasteiger partial charge in [-0.15, -0.1) is 0 Å². The van der Waals surface area contributed by atoms with Gasteiger partial charge >= 0.3 is 5.97 Å². The van der Waals surface area contributed by atoms with Gasteiger partial charge in [-0.25, -0.2) is 0 Å². The van der Waals surface area contributed by atoms with Gasteiger partial charge in [0.1, 0.15) is 6.04 Å². The van der Waals surface area contributed by atoms with Gasteiger partial charge < -0.3 is 20.0 Å². The third-order valence-electron chi connectivity index (χ3n) is 4.55. The first-order chi connectivity index (χ1) is 9.03. The summed E-state index contributed by atoms with van der Waals surface area (Å²) < 4.78 is 11.1. The molecule has 0 amide bonds. The molecule has 0 heterocycles. The van der Waals surface area contributed by atoms with Crippen molar-refractivity contribution in [2.45, 2.75) is 57.8 Å². The zero-order valence-corrected chi connectivity index (χ0v) is 14.4. The fraction of sp³-hybridized carbons (Fsp3) is 0.929. The van der Waals surface area contributed by atoms with Crippen molar-refractivity contribution in [2.75, 3.05) is 19.8 Å². The lowest BCUT2D eigenvalue weighted by Crippen LogP contribution is -2.46. The van der Waals surface area contributed by atoms with Gasteiger partial charge in [0.2, 0.25) is 0 Å². The van der Waals surface area contributed by atoms with Crippen LogP contribution in [0.5, 0.6) is 0 Å². The summed E-state index contributed by atoms with van der Waals surface area (Å²) >= 11 is 0. The average Bonchev–Trinajstić information content (AvgIpc) is 3.12. The van der Waals surface area contributed by atoms with Gasteiger partial charge in [0.15, 0.2) is 8.32 Å². The Labute approximate surface area is 123 Å². The number of carbonyl (C=O) groups is 1. The zero-order chi connectivity index (χ0) is 15.6. The Bertz CT molecular complexity index is 348. The van der Waals surface area contributed by atoms with Crippen LogP contribution < -0.4 is 5.73 Å². The van der Waals surface area contributed by atoms with Crippen LogP contribution in [0, 0.1) is 5.41 Å². The van der Waals surface area contributed by atoms with Gasteiger partial charge in [0, 0.05) is 5.41 Å². The highest BCUT2D eigenvalue weighted by atomic mass is 28.4. The topological polar surface area (TPSA) is 81.8 Å². The van der Waals surface area contributed by atoms with Crippen molar-refractivity contribution in [3.05, 3.63) is 0 Å². The van der Waals surface area contributed by atoms with Crippen molar-refractivity contribution >= 4 is 14.3 Å². The van der Waals surface area contributed by atoms with E-state index in [1.54, 1.807) is 0 Å². The van der Waals surface area contributed by atoms with Crippen LogP contribution in [0.1, 0.15) is 33.6 Å². The molecule has 6 heteroatoms. The van der Waals surface area contributed by atoms with Gasteiger partial charge in [0.05, 0.1) is 19.8 Å². The number of aliphatic hydroxyl groups excluding tert-OH is 1. The van der Waals surface area contributed by atoms with Crippen molar-refractivity contribution in [1.82, 2.24) is 0 Å². The van der Waals surface area contributed by atoms with Crippen LogP contribution in [-0.4, -0.2) is 45.3 Å². The highest BCUT2D eigenvalue weighted by molar-refractivity contribution is 6.74. The first-order valence-electron chi connectivity index (χ1n) is 7.20. The van der Waals surface area contributed by atoms with Crippen molar-refractivity contribution in [3.8, 4) is 0 Å². The summed E-state index contributed by atoms with van der Waals surface area (Å²) in [7, 11) is -1.90. The molecule has 0 saturated heterocycles. The van der Waals surface area contributed by atoms with Gasteiger partial charge in [-0.1, -0.05) is 20.8 Å². The number of aliphatic hydroxyl groups is 1.